The van der Waals surface area contributed by atoms with Crippen molar-refractivity contribution >= 4 is 11.8 Å². The summed E-state index contributed by atoms with van der Waals surface area (Å²) in [6, 6.07) is 15.7. The zero-order chi connectivity index (χ0) is 23.4. The topological polar surface area (TPSA) is 53.1 Å². The highest BCUT2D eigenvalue weighted by Crippen LogP contribution is 2.32. The van der Waals surface area contributed by atoms with E-state index in [1.165, 1.54) is 5.56 Å². The van der Waals surface area contributed by atoms with E-state index in [1.807, 2.05) is 72.4 Å². The number of carbonyl (C=O) groups excluding carboxylic acids is 2. The maximum absolute atomic E-state index is 13.4. The molecule has 0 spiro atoms. The van der Waals surface area contributed by atoms with Gasteiger partial charge in [0.15, 0.2) is 0 Å². The van der Waals surface area contributed by atoms with Gasteiger partial charge in [-0.15, -0.1) is 0 Å². The monoisotopic (exact) mass is 449 g/mol. The molecule has 0 bridgehead atoms. The smallest absolute Gasteiger partial charge is 0.253 e. The van der Waals surface area contributed by atoms with Gasteiger partial charge in [0.1, 0.15) is 5.75 Å². The Bertz CT molecular complexity index is 973. The van der Waals surface area contributed by atoms with Gasteiger partial charge in [0.05, 0.1) is 19.6 Å². The Morgan fingerprint density at radius 1 is 1.03 bits per heavy atom. The predicted molar refractivity (Wildman–Crippen MR) is 129 cm³/mol. The number of fused-ring (bicyclic) bond motifs is 1. The van der Waals surface area contributed by atoms with Gasteiger partial charge in [0.25, 0.3) is 5.91 Å². The van der Waals surface area contributed by atoms with Gasteiger partial charge < -0.3 is 19.4 Å². The second-order valence-electron chi connectivity index (χ2n) is 9.54. The van der Waals surface area contributed by atoms with Crippen molar-refractivity contribution in [2.24, 2.45) is 5.92 Å². The van der Waals surface area contributed by atoms with Crippen LogP contribution >= 0.6 is 0 Å². The molecule has 0 aliphatic carbocycles. The van der Waals surface area contributed by atoms with E-state index in [-0.39, 0.29) is 17.9 Å². The summed E-state index contributed by atoms with van der Waals surface area (Å²) < 4.78 is 5.45. The highest BCUT2D eigenvalue weighted by atomic mass is 16.5. The maximum atomic E-state index is 13.4. The number of hydrogen-bond donors (Lipinski definition) is 0. The third-order valence-electron chi connectivity index (χ3n) is 6.87. The minimum atomic E-state index is 0.0663. The molecular weight excluding hydrogens is 414 g/mol. The zero-order valence-corrected chi connectivity index (χ0v) is 20.0. The summed E-state index contributed by atoms with van der Waals surface area (Å²) in [5.41, 5.74) is 2.83. The van der Waals surface area contributed by atoms with Crippen molar-refractivity contribution in [1.29, 1.82) is 0 Å². The lowest BCUT2D eigenvalue weighted by Crippen LogP contribution is -2.45. The molecule has 33 heavy (non-hydrogen) atoms. The van der Waals surface area contributed by atoms with Crippen molar-refractivity contribution in [3.63, 3.8) is 0 Å². The molecule has 2 aliphatic heterocycles. The number of amides is 2. The average Bonchev–Trinajstić information content (AvgIpc) is 3.12. The molecule has 0 unspecified atom stereocenters. The molecule has 176 valence electrons. The molecule has 2 aromatic rings. The number of ether oxygens (including phenoxy) is 1. The quantitative estimate of drug-likeness (QED) is 0.678. The first-order valence-corrected chi connectivity index (χ1v) is 11.9. The van der Waals surface area contributed by atoms with E-state index < -0.39 is 0 Å². The minimum Gasteiger partial charge on any atom is -0.496 e. The van der Waals surface area contributed by atoms with Crippen LogP contribution in [-0.4, -0.2) is 73.4 Å². The highest BCUT2D eigenvalue weighted by molar-refractivity contribution is 5.94. The summed E-state index contributed by atoms with van der Waals surface area (Å²) in [5, 5.41) is 0. The molecule has 2 heterocycles. The van der Waals surface area contributed by atoms with Gasteiger partial charge in [-0.25, -0.2) is 0 Å². The molecule has 2 amide bonds. The second kappa shape index (κ2) is 10.4. The molecule has 4 rings (SSSR count). The summed E-state index contributed by atoms with van der Waals surface area (Å²) >= 11 is 0. The van der Waals surface area contributed by atoms with Gasteiger partial charge in [-0.05, 0) is 56.6 Å². The van der Waals surface area contributed by atoms with Crippen molar-refractivity contribution in [3.8, 4) is 5.75 Å². The Labute approximate surface area is 197 Å². The molecule has 2 aliphatic rings. The van der Waals surface area contributed by atoms with Crippen LogP contribution in [0.2, 0.25) is 0 Å². The predicted octanol–water partition coefficient (Wildman–Crippen LogP) is 3.45. The lowest BCUT2D eigenvalue weighted by Gasteiger charge is -2.30. The van der Waals surface area contributed by atoms with Gasteiger partial charge >= 0.3 is 0 Å². The number of para-hydroxylation sites is 1. The third kappa shape index (κ3) is 5.38. The second-order valence-corrected chi connectivity index (χ2v) is 9.54. The third-order valence-corrected chi connectivity index (χ3v) is 6.87. The van der Waals surface area contributed by atoms with E-state index in [2.05, 4.69) is 4.90 Å². The first-order valence-electron chi connectivity index (χ1n) is 11.9. The van der Waals surface area contributed by atoms with Gasteiger partial charge in [-0.3, -0.25) is 9.59 Å². The molecule has 2 aromatic carbocycles. The van der Waals surface area contributed by atoms with Crippen LogP contribution in [0, 0.1) is 5.92 Å². The van der Waals surface area contributed by atoms with Crippen LogP contribution in [0.3, 0.4) is 0 Å². The maximum Gasteiger partial charge on any atom is 0.253 e. The fourth-order valence-corrected chi connectivity index (χ4v) is 5.23. The van der Waals surface area contributed by atoms with Crippen LogP contribution in [0.1, 0.15) is 40.7 Å². The van der Waals surface area contributed by atoms with Crippen LogP contribution in [0.15, 0.2) is 48.5 Å². The lowest BCUT2D eigenvalue weighted by molar-refractivity contribution is -0.133. The van der Waals surface area contributed by atoms with Gasteiger partial charge in [0, 0.05) is 37.3 Å². The summed E-state index contributed by atoms with van der Waals surface area (Å²) in [6.07, 6.45) is 3.51. The fraction of sp³-hybridized carbons (Fsp3) is 0.481. The summed E-state index contributed by atoms with van der Waals surface area (Å²) in [4.78, 5) is 32.7. The van der Waals surface area contributed by atoms with E-state index in [9.17, 15) is 9.59 Å². The minimum absolute atomic E-state index is 0.0663. The highest BCUT2D eigenvalue weighted by Gasteiger charge is 2.41. The molecule has 0 saturated carbocycles. The van der Waals surface area contributed by atoms with E-state index in [0.717, 1.165) is 55.8 Å². The molecule has 0 N–H and O–H groups in total. The Balaban J connectivity index is 1.46. The number of hydrogen-bond acceptors (Lipinski definition) is 4. The lowest BCUT2D eigenvalue weighted by atomic mass is 9.98. The Hall–Kier alpha value is -2.86. The van der Waals surface area contributed by atoms with Crippen LogP contribution in [0.4, 0.5) is 0 Å². The number of likely N-dealkylation sites (tertiary alicyclic amines) is 2. The van der Waals surface area contributed by atoms with Crippen LogP contribution in [0.25, 0.3) is 0 Å². The van der Waals surface area contributed by atoms with Gasteiger partial charge in [-0.2, -0.15) is 0 Å². The Morgan fingerprint density at radius 3 is 2.52 bits per heavy atom. The fourth-order valence-electron chi connectivity index (χ4n) is 5.23. The Morgan fingerprint density at radius 2 is 1.79 bits per heavy atom. The van der Waals surface area contributed by atoms with Crippen molar-refractivity contribution in [1.82, 2.24) is 14.7 Å². The molecule has 2 saturated heterocycles. The van der Waals surface area contributed by atoms with Crippen LogP contribution in [-0.2, 0) is 17.8 Å². The van der Waals surface area contributed by atoms with Crippen molar-refractivity contribution in [2.75, 3.05) is 40.8 Å². The van der Waals surface area contributed by atoms with Crippen molar-refractivity contribution < 1.29 is 14.3 Å². The normalized spacial score (nSPS) is 20.5. The zero-order valence-electron chi connectivity index (χ0n) is 20.0. The number of benzene rings is 2. The average molecular weight is 450 g/mol. The molecule has 2 fully saturated rings. The van der Waals surface area contributed by atoms with E-state index >= 15 is 0 Å². The summed E-state index contributed by atoms with van der Waals surface area (Å²) in [6.45, 7) is 2.95. The first-order chi connectivity index (χ1) is 16.0. The van der Waals surface area contributed by atoms with Crippen molar-refractivity contribution in [2.45, 2.75) is 38.3 Å². The number of rotatable bonds is 6. The molecule has 2 atom stereocenters. The number of methoxy groups -OCH3 is 1. The summed E-state index contributed by atoms with van der Waals surface area (Å²) in [5.74, 6) is 1.28. The largest absolute Gasteiger partial charge is 0.496 e. The summed E-state index contributed by atoms with van der Waals surface area (Å²) in [7, 11) is 5.71. The molecular formula is C27H35N3O3. The van der Waals surface area contributed by atoms with Gasteiger partial charge in [-0.1, -0.05) is 36.8 Å². The number of carbonyl (C=O) groups is 2. The van der Waals surface area contributed by atoms with Crippen LogP contribution < -0.4 is 4.74 Å². The Kier molecular flexibility index (Phi) is 7.33. The van der Waals surface area contributed by atoms with E-state index in [4.69, 9.17) is 4.74 Å². The van der Waals surface area contributed by atoms with E-state index in [0.29, 0.717) is 18.9 Å². The molecule has 0 aromatic heterocycles. The van der Waals surface area contributed by atoms with E-state index in [1.54, 1.807) is 7.11 Å². The SMILES string of the molecule is COc1ccccc1CC(=O)N1CCCC[C@H]2CN(C(=O)c3ccc(CN(C)C)cc3)C[C@H]21. The molecule has 6 heteroatoms. The molecule has 0 radical (unpaired) electrons. The first kappa shape index (κ1) is 23.3. The number of nitrogens with zero attached hydrogens (tertiary/aromatic N) is 3. The van der Waals surface area contributed by atoms with Crippen molar-refractivity contribution in [3.05, 3.63) is 65.2 Å². The van der Waals surface area contributed by atoms with Gasteiger partial charge in [0.2, 0.25) is 5.91 Å². The molecule has 6 nitrogen and oxygen atoms in total. The van der Waals surface area contributed by atoms with Crippen LogP contribution in [0.5, 0.6) is 5.75 Å². The standard InChI is InChI=1S/C27H35N3O3/c1-28(2)17-20-11-13-21(14-12-20)27(32)29-18-23-9-6-7-15-30(24(23)19-29)26(31)16-22-8-4-5-10-25(22)33-3/h4-5,8,10-14,23-24H,6-7,9,15-19H2,1-3H3/t23-,24+/m0/s1.